The van der Waals surface area contributed by atoms with Gasteiger partial charge in [0.2, 0.25) is 0 Å². The molecule has 2 rings (SSSR count). The van der Waals surface area contributed by atoms with E-state index in [0.717, 1.165) is 44.2 Å². The van der Waals surface area contributed by atoms with Crippen molar-refractivity contribution >= 4 is 17.6 Å². The highest BCUT2D eigenvalue weighted by Crippen LogP contribution is 2.18. The first-order valence-electron chi connectivity index (χ1n) is 9.22. The number of halogens is 1. The first-order chi connectivity index (χ1) is 12.5. The fourth-order valence-electron chi connectivity index (χ4n) is 3.06. The van der Waals surface area contributed by atoms with E-state index in [4.69, 9.17) is 16.3 Å². The van der Waals surface area contributed by atoms with Crippen molar-refractivity contribution < 1.29 is 4.74 Å². The molecular weight excluding hydrogens is 348 g/mol. The third-order valence-electron chi connectivity index (χ3n) is 4.34. The van der Waals surface area contributed by atoms with Crippen LogP contribution in [0.4, 0.5) is 0 Å². The van der Waals surface area contributed by atoms with Gasteiger partial charge in [-0.1, -0.05) is 29.8 Å². The zero-order valence-electron chi connectivity index (χ0n) is 16.1. The number of benzene rings is 1. The number of nitrogens with zero attached hydrogens (tertiary/aromatic N) is 2. The van der Waals surface area contributed by atoms with E-state index in [0.29, 0.717) is 17.6 Å². The largest absolute Gasteiger partial charge is 0.489 e. The first-order valence-corrected chi connectivity index (χ1v) is 9.60. The van der Waals surface area contributed by atoms with E-state index in [1.54, 1.807) is 7.05 Å². The van der Waals surface area contributed by atoms with Crippen molar-refractivity contribution in [1.82, 2.24) is 15.5 Å². The van der Waals surface area contributed by atoms with Crippen molar-refractivity contribution in [2.75, 3.05) is 33.2 Å². The summed E-state index contributed by atoms with van der Waals surface area (Å²) in [6.45, 7) is 12.0. The predicted octanol–water partition coefficient (Wildman–Crippen LogP) is 3.31. The number of hydrogen-bond donors (Lipinski definition) is 2. The second-order valence-electron chi connectivity index (χ2n) is 6.99. The molecule has 1 aliphatic rings. The van der Waals surface area contributed by atoms with E-state index in [1.807, 2.05) is 31.2 Å². The summed E-state index contributed by atoms with van der Waals surface area (Å²) in [4.78, 5) is 6.79. The van der Waals surface area contributed by atoms with Gasteiger partial charge >= 0.3 is 0 Å². The average molecular weight is 379 g/mol. The Morgan fingerprint density at radius 2 is 2.15 bits per heavy atom. The van der Waals surface area contributed by atoms with Crippen molar-refractivity contribution in [1.29, 1.82) is 0 Å². The van der Waals surface area contributed by atoms with Crippen LogP contribution in [0.3, 0.4) is 0 Å². The molecule has 1 heterocycles. The van der Waals surface area contributed by atoms with Gasteiger partial charge in [0.1, 0.15) is 11.9 Å². The molecule has 26 heavy (non-hydrogen) atoms. The molecule has 5 nitrogen and oxygen atoms in total. The van der Waals surface area contributed by atoms with E-state index >= 15 is 0 Å². The Morgan fingerprint density at radius 3 is 2.77 bits per heavy atom. The summed E-state index contributed by atoms with van der Waals surface area (Å²) in [5, 5.41) is 7.55. The lowest BCUT2D eigenvalue weighted by Crippen LogP contribution is -2.50. The van der Waals surface area contributed by atoms with E-state index < -0.39 is 0 Å². The molecule has 1 saturated heterocycles. The molecule has 0 radical (unpaired) electrons. The lowest BCUT2D eigenvalue weighted by atomic mass is 10.0. The van der Waals surface area contributed by atoms with E-state index in [-0.39, 0.29) is 6.10 Å². The second kappa shape index (κ2) is 10.4. The average Bonchev–Trinajstić information content (AvgIpc) is 2.59. The van der Waals surface area contributed by atoms with Gasteiger partial charge in [-0.05, 0) is 44.9 Å². The quantitative estimate of drug-likeness (QED) is 0.434. The van der Waals surface area contributed by atoms with Crippen LogP contribution in [0.15, 0.2) is 41.4 Å². The molecule has 0 saturated carbocycles. The molecule has 1 aromatic rings. The number of likely N-dealkylation sites (tertiary alicyclic amines) is 1. The van der Waals surface area contributed by atoms with Crippen molar-refractivity contribution in [3.8, 4) is 5.75 Å². The predicted molar refractivity (Wildman–Crippen MR) is 110 cm³/mol. The number of aliphatic imine (C=N–C) groups is 1. The minimum Gasteiger partial charge on any atom is -0.489 e. The fraction of sp³-hybridized carbons (Fsp3) is 0.550. The number of nitrogens with one attached hydrogen (secondary N) is 2. The van der Waals surface area contributed by atoms with Crippen LogP contribution in [0.25, 0.3) is 0 Å². The highest BCUT2D eigenvalue weighted by Gasteiger charge is 2.20. The van der Waals surface area contributed by atoms with Gasteiger partial charge in [0, 0.05) is 37.7 Å². The summed E-state index contributed by atoms with van der Waals surface area (Å²) in [5.74, 6) is 1.60. The van der Waals surface area contributed by atoms with Gasteiger partial charge in [-0.2, -0.15) is 0 Å². The third kappa shape index (κ3) is 7.26. The van der Waals surface area contributed by atoms with Gasteiger partial charge in [-0.3, -0.25) is 9.89 Å². The van der Waals surface area contributed by atoms with Crippen molar-refractivity contribution in [2.24, 2.45) is 4.99 Å². The molecule has 1 aromatic carbocycles. The Hall–Kier alpha value is -1.72. The first kappa shape index (κ1) is 20.6. The maximum atomic E-state index is 5.99. The highest BCUT2D eigenvalue weighted by atomic mass is 35.5. The van der Waals surface area contributed by atoms with Crippen LogP contribution in [0.1, 0.15) is 26.7 Å². The van der Waals surface area contributed by atoms with E-state index in [1.165, 1.54) is 5.57 Å². The molecule has 0 bridgehead atoms. The van der Waals surface area contributed by atoms with Gasteiger partial charge in [0.05, 0.1) is 6.54 Å². The van der Waals surface area contributed by atoms with Crippen LogP contribution in [0.5, 0.6) is 5.75 Å². The summed E-state index contributed by atoms with van der Waals surface area (Å²) in [5.41, 5.74) is 1.22. The summed E-state index contributed by atoms with van der Waals surface area (Å²) >= 11 is 5.99. The molecule has 1 unspecified atom stereocenters. The monoisotopic (exact) mass is 378 g/mol. The molecule has 0 amide bonds. The van der Waals surface area contributed by atoms with Gasteiger partial charge in [-0.15, -0.1) is 0 Å². The Balaban J connectivity index is 1.71. The lowest BCUT2D eigenvalue weighted by Gasteiger charge is -2.33. The van der Waals surface area contributed by atoms with Crippen molar-refractivity contribution in [2.45, 2.75) is 38.8 Å². The number of piperidine rings is 1. The van der Waals surface area contributed by atoms with Gasteiger partial charge in [-0.25, -0.2) is 0 Å². The van der Waals surface area contributed by atoms with Crippen LogP contribution in [0.2, 0.25) is 5.02 Å². The van der Waals surface area contributed by atoms with Crippen LogP contribution in [-0.4, -0.2) is 56.2 Å². The minimum atomic E-state index is 0.00410. The standard InChI is InChI=1S/C20H31ClN4O/c1-15(2)14-25-10-8-18(9-11-25)24-20(22-4)23-13-16(3)26-19-7-5-6-17(21)12-19/h5-7,12,16,18H,1,8-11,13-14H2,2-4H3,(H2,22,23,24). The normalized spacial score (nSPS) is 17.6. The topological polar surface area (TPSA) is 48.9 Å². The van der Waals surface area contributed by atoms with Crippen LogP contribution < -0.4 is 15.4 Å². The molecule has 2 N–H and O–H groups in total. The summed E-state index contributed by atoms with van der Waals surface area (Å²) in [6.07, 6.45) is 2.23. The Bertz CT molecular complexity index is 612. The van der Waals surface area contributed by atoms with Gasteiger partial charge in [0.25, 0.3) is 0 Å². The maximum absolute atomic E-state index is 5.99. The van der Waals surface area contributed by atoms with E-state index in [2.05, 4.69) is 34.0 Å². The maximum Gasteiger partial charge on any atom is 0.191 e. The van der Waals surface area contributed by atoms with Crippen LogP contribution in [0, 0.1) is 0 Å². The Labute approximate surface area is 162 Å². The fourth-order valence-corrected chi connectivity index (χ4v) is 3.24. The minimum absolute atomic E-state index is 0.00410. The number of guanidine groups is 1. The van der Waals surface area contributed by atoms with Crippen LogP contribution in [-0.2, 0) is 0 Å². The van der Waals surface area contributed by atoms with Gasteiger partial charge in [0.15, 0.2) is 5.96 Å². The molecule has 6 heteroatoms. The van der Waals surface area contributed by atoms with Crippen molar-refractivity contribution in [3.63, 3.8) is 0 Å². The smallest absolute Gasteiger partial charge is 0.191 e. The number of hydrogen-bond acceptors (Lipinski definition) is 3. The summed E-state index contributed by atoms with van der Waals surface area (Å²) < 4.78 is 5.89. The summed E-state index contributed by atoms with van der Waals surface area (Å²) in [7, 11) is 1.80. The molecule has 0 aliphatic carbocycles. The zero-order chi connectivity index (χ0) is 18.9. The molecule has 1 atom stereocenters. The molecule has 0 spiro atoms. The molecule has 0 aromatic heterocycles. The molecule has 1 fully saturated rings. The third-order valence-corrected chi connectivity index (χ3v) is 4.57. The Morgan fingerprint density at radius 1 is 1.42 bits per heavy atom. The molecular formula is C20H31ClN4O. The van der Waals surface area contributed by atoms with E-state index in [9.17, 15) is 0 Å². The molecule has 1 aliphatic heterocycles. The SMILES string of the molecule is C=C(C)CN1CCC(NC(=NC)NCC(C)Oc2cccc(Cl)c2)CC1. The van der Waals surface area contributed by atoms with Gasteiger partial charge < -0.3 is 15.4 Å². The number of ether oxygens (including phenoxy) is 1. The van der Waals surface area contributed by atoms with Crippen molar-refractivity contribution in [3.05, 3.63) is 41.4 Å². The molecule has 144 valence electrons. The summed E-state index contributed by atoms with van der Waals surface area (Å²) in [6, 6.07) is 7.91. The Kier molecular flexibility index (Phi) is 8.26. The zero-order valence-corrected chi connectivity index (χ0v) is 16.9. The number of rotatable bonds is 7. The lowest BCUT2D eigenvalue weighted by molar-refractivity contribution is 0.217. The second-order valence-corrected chi connectivity index (χ2v) is 7.43. The van der Waals surface area contributed by atoms with Crippen LogP contribution >= 0.6 is 11.6 Å². The highest BCUT2D eigenvalue weighted by molar-refractivity contribution is 6.30.